The Kier molecular flexibility index (Phi) is 17.6. The van der Waals surface area contributed by atoms with E-state index in [9.17, 15) is 0 Å². The van der Waals surface area contributed by atoms with Gasteiger partial charge in [-0.3, -0.25) is 0 Å². The van der Waals surface area contributed by atoms with Crippen LogP contribution in [0.25, 0.3) is 0 Å². The fraction of sp³-hybridized carbons (Fsp3) is 0.500. The molecule has 0 N–H and O–H groups in total. The summed E-state index contributed by atoms with van der Waals surface area (Å²) in [7, 11) is 0. The minimum Gasteiger partial charge on any atom is -0.238 e. The predicted molar refractivity (Wildman–Crippen MR) is 160 cm³/mol. The maximum absolute atomic E-state index is 2.50. The summed E-state index contributed by atoms with van der Waals surface area (Å²) in [5, 5.41) is 0. The van der Waals surface area contributed by atoms with Gasteiger partial charge in [-0.25, -0.2) is 4.31 Å². The van der Waals surface area contributed by atoms with E-state index >= 15 is 0 Å². The lowest BCUT2D eigenvalue weighted by molar-refractivity contribution is 0.516. The van der Waals surface area contributed by atoms with Crippen molar-refractivity contribution in [2.75, 3.05) is 13.1 Å². The predicted octanol–water partition coefficient (Wildman–Crippen LogP) is 10.6. The molecule has 0 aliphatic heterocycles. The lowest BCUT2D eigenvalue weighted by atomic mass is 9.85. The zero-order valence-corrected chi connectivity index (χ0v) is 24.6. The molecule has 0 aliphatic carbocycles. The maximum atomic E-state index is 2.50. The van der Waals surface area contributed by atoms with Gasteiger partial charge < -0.3 is 0 Å². The SMILES string of the molecule is C\C=C/C=C(\C=C\C)SN(C/C(C)=C/C=C(\C=C/C)C(C)(C)C)C/C(=C/CC)C/C=C(\C)CC. The van der Waals surface area contributed by atoms with Crippen molar-refractivity contribution in [3.63, 3.8) is 0 Å². The van der Waals surface area contributed by atoms with Crippen molar-refractivity contribution in [1.29, 1.82) is 0 Å². The van der Waals surface area contributed by atoms with Gasteiger partial charge in [0.2, 0.25) is 0 Å². The van der Waals surface area contributed by atoms with Gasteiger partial charge in [-0.05, 0) is 82.9 Å². The molecular weight excluding hydrogens is 430 g/mol. The molecule has 0 radical (unpaired) electrons. The second-order valence-corrected chi connectivity index (χ2v) is 10.9. The number of allylic oxidation sites excluding steroid dienone is 13. The first-order valence-corrected chi connectivity index (χ1v) is 13.6. The fourth-order valence-electron chi connectivity index (χ4n) is 3.22. The Labute approximate surface area is 217 Å². The third kappa shape index (κ3) is 15.2. The molecular formula is C32H51NS. The van der Waals surface area contributed by atoms with E-state index in [0.29, 0.717) is 0 Å². The van der Waals surface area contributed by atoms with Crippen LogP contribution in [0.1, 0.15) is 88.5 Å². The minimum absolute atomic E-state index is 0.131. The second kappa shape index (κ2) is 18.5. The van der Waals surface area contributed by atoms with Crippen LogP contribution in [-0.4, -0.2) is 17.4 Å². The average Bonchev–Trinajstić information content (AvgIpc) is 2.77. The molecule has 0 amide bonds. The van der Waals surface area contributed by atoms with Gasteiger partial charge in [0.15, 0.2) is 0 Å². The van der Waals surface area contributed by atoms with E-state index in [0.717, 1.165) is 32.4 Å². The highest BCUT2D eigenvalue weighted by molar-refractivity contribution is 8.01. The Hall–Kier alpha value is -1.77. The zero-order chi connectivity index (χ0) is 26.0. The van der Waals surface area contributed by atoms with Crippen molar-refractivity contribution in [3.8, 4) is 0 Å². The third-order valence-corrected chi connectivity index (χ3v) is 6.35. The van der Waals surface area contributed by atoms with Gasteiger partial charge in [0.25, 0.3) is 0 Å². The molecule has 0 rings (SSSR count). The summed E-state index contributed by atoms with van der Waals surface area (Å²) >= 11 is 1.85. The topological polar surface area (TPSA) is 3.24 Å². The van der Waals surface area contributed by atoms with Crippen LogP contribution in [0.15, 0.2) is 94.0 Å². The third-order valence-electron chi connectivity index (χ3n) is 5.35. The Bertz CT molecular complexity index is 820. The summed E-state index contributed by atoms with van der Waals surface area (Å²) in [5.41, 5.74) is 5.79. The van der Waals surface area contributed by atoms with Crippen LogP contribution in [0.5, 0.6) is 0 Å². The second-order valence-electron chi connectivity index (χ2n) is 9.75. The smallest absolute Gasteiger partial charge is 0.0309 e. The highest BCUT2D eigenvalue weighted by atomic mass is 32.2. The lowest BCUT2D eigenvalue weighted by Crippen LogP contribution is -2.21. The van der Waals surface area contributed by atoms with Crippen LogP contribution < -0.4 is 0 Å². The van der Waals surface area contributed by atoms with Gasteiger partial charge in [-0.2, -0.15) is 0 Å². The molecule has 190 valence electrons. The molecule has 0 bridgehead atoms. The molecule has 1 nitrogen and oxygen atoms in total. The van der Waals surface area contributed by atoms with Crippen molar-refractivity contribution in [3.05, 3.63) is 94.0 Å². The van der Waals surface area contributed by atoms with Crippen molar-refractivity contribution in [2.45, 2.75) is 88.5 Å². The first kappa shape index (κ1) is 32.2. The molecule has 34 heavy (non-hydrogen) atoms. The van der Waals surface area contributed by atoms with Crippen LogP contribution in [0.2, 0.25) is 0 Å². The number of hydrogen-bond acceptors (Lipinski definition) is 2. The molecule has 0 heterocycles. The number of rotatable bonds is 14. The van der Waals surface area contributed by atoms with E-state index in [1.54, 1.807) is 0 Å². The van der Waals surface area contributed by atoms with Gasteiger partial charge in [0.1, 0.15) is 0 Å². The van der Waals surface area contributed by atoms with Crippen LogP contribution in [-0.2, 0) is 0 Å². The summed E-state index contributed by atoms with van der Waals surface area (Å²) in [4.78, 5) is 1.25. The normalized spacial score (nSPS) is 15.7. The summed E-state index contributed by atoms with van der Waals surface area (Å²) < 4.78 is 2.50. The maximum Gasteiger partial charge on any atom is 0.0309 e. The van der Waals surface area contributed by atoms with E-state index < -0.39 is 0 Å². The van der Waals surface area contributed by atoms with Gasteiger partial charge in [-0.15, -0.1) is 0 Å². The van der Waals surface area contributed by atoms with Gasteiger partial charge in [-0.1, -0.05) is 112 Å². The molecule has 0 aliphatic rings. The molecule has 0 aromatic heterocycles. The van der Waals surface area contributed by atoms with E-state index in [2.05, 4.69) is 140 Å². The Morgan fingerprint density at radius 2 is 1.47 bits per heavy atom. The summed E-state index contributed by atoms with van der Waals surface area (Å²) in [6, 6.07) is 0. The first-order chi connectivity index (χ1) is 16.1. The summed E-state index contributed by atoms with van der Waals surface area (Å²) in [6.07, 6.45) is 27.7. The zero-order valence-electron chi connectivity index (χ0n) is 23.7. The standard InChI is InChI=1S/C32H51NS/c1-11-16-20-31(19-14-4)34-33(26-29(17-12-2)23-21-27(6)15-5)25-28(7)22-24-30(18-13-3)32(8,9)10/h11,13-14,16-22,24H,12,15,23,25-26H2,1-10H3/b16-11-,18-13-,19-14+,27-21+,28-22+,29-17+,30-24+,31-20+. The highest BCUT2D eigenvalue weighted by Gasteiger charge is 2.14. The quantitative estimate of drug-likeness (QED) is 0.138. The molecule has 0 aromatic rings. The number of hydrogen-bond donors (Lipinski definition) is 0. The fourth-order valence-corrected chi connectivity index (χ4v) is 4.35. The van der Waals surface area contributed by atoms with Gasteiger partial charge in [0, 0.05) is 18.0 Å². The molecule has 2 heteroatoms. The van der Waals surface area contributed by atoms with E-state index in [4.69, 9.17) is 0 Å². The van der Waals surface area contributed by atoms with Crippen molar-refractivity contribution < 1.29 is 0 Å². The van der Waals surface area contributed by atoms with Crippen molar-refractivity contribution in [2.24, 2.45) is 5.41 Å². The Morgan fingerprint density at radius 1 is 0.794 bits per heavy atom. The van der Waals surface area contributed by atoms with Crippen LogP contribution >= 0.6 is 11.9 Å². The summed E-state index contributed by atoms with van der Waals surface area (Å²) in [5.74, 6) is 0. The van der Waals surface area contributed by atoms with Crippen LogP contribution in [0.4, 0.5) is 0 Å². The monoisotopic (exact) mass is 481 g/mol. The van der Waals surface area contributed by atoms with Crippen molar-refractivity contribution in [1.82, 2.24) is 4.31 Å². The molecule has 0 unspecified atom stereocenters. The first-order valence-electron chi connectivity index (χ1n) is 12.8. The molecule has 0 saturated carbocycles. The van der Waals surface area contributed by atoms with E-state index in [1.807, 2.05) is 11.9 Å². The van der Waals surface area contributed by atoms with Crippen LogP contribution in [0.3, 0.4) is 0 Å². The minimum atomic E-state index is 0.131. The van der Waals surface area contributed by atoms with Gasteiger partial charge in [0.05, 0.1) is 0 Å². The molecule has 0 aromatic carbocycles. The Balaban J connectivity index is 6.01. The van der Waals surface area contributed by atoms with Crippen LogP contribution in [0, 0.1) is 5.41 Å². The largest absolute Gasteiger partial charge is 0.238 e. The average molecular weight is 482 g/mol. The summed E-state index contributed by atoms with van der Waals surface area (Å²) in [6.45, 7) is 23.9. The number of nitrogens with zero attached hydrogens (tertiary/aromatic N) is 1. The van der Waals surface area contributed by atoms with E-state index in [1.165, 1.54) is 27.2 Å². The van der Waals surface area contributed by atoms with Gasteiger partial charge >= 0.3 is 0 Å². The molecule has 0 atom stereocenters. The molecule has 0 spiro atoms. The Morgan fingerprint density at radius 3 is 2.00 bits per heavy atom. The van der Waals surface area contributed by atoms with E-state index in [-0.39, 0.29) is 5.41 Å². The lowest BCUT2D eigenvalue weighted by Gasteiger charge is -2.24. The molecule has 0 saturated heterocycles. The molecule has 0 fully saturated rings. The van der Waals surface area contributed by atoms with Crippen molar-refractivity contribution >= 4 is 11.9 Å². The highest BCUT2D eigenvalue weighted by Crippen LogP contribution is 2.28.